The van der Waals surface area contributed by atoms with Crippen LogP contribution in [-0.2, 0) is 4.79 Å². The molecule has 92 valence electrons. The lowest BCUT2D eigenvalue weighted by atomic mass is 10.1. The molecule has 1 unspecified atom stereocenters. The molecule has 17 heavy (non-hydrogen) atoms. The third-order valence-electron chi connectivity index (χ3n) is 3.02. The van der Waals surface area contributed by atoms with Crippen molar-refractivity contribution in [1.29, 1.82) is 0 Å². The topological polar surface area (TPSA) is 32.3 Å². The van der Waals surface area contributed by atoms with Gasteiger partial charge in [-0.3, -0.25) is 15.0 Å². The largest absolute Gasteiger partial charge is 0.289 e. The van der Waals surface area contributed by atoms with Gasteiger partial charge in [-0.25, -0.2) is 0 Å². The number of carbonyl (C=O) groups is 1. The van der Waals surface area contributed by atoms with Gasteiger partial charge in [0.1, 0.15) is 5.50 Å². The Morgan fingerprint density at radius 1 is 1.41 bits per heavy atom. The molecular formula is C13H18N2OS. The monoisotopic (exact) mass is 250 g/mol. The third kappa shape index (κ3) is 2.48. The molecule has 1 amide bonds. The van der Waals surface area contributed by atoms with Gasteiger partial charge >= 0.3 is 0 Å². The normalized spacial score (nSPS) is 20.1. The summed E-state index contributed by atoms with van der Waals surface area (Å²) in [5.74, 6) is 0.745. The second-order valence-electron chi connectivity index (χ2n) is 4.25. The molecule has 1 aromatic carbocycles. The Bertz CT molecular complexity index is 433. The molecule has 4 heteroatoms. The van der Waals surface area contributed by atoms with Gasteiger partial charge in [0, 0.05) is 5.69 Å². The predicted molar refractivity (Wildman–Crippen MR) is 73.3 cm³/mol. The molecule has 0 aromatic heterocycles. The Kier molecular flexibility index (Phi) is 3.74. The standard InChI is InChI=1S/C13H18N2OS/c1-4-14-13-15(12(16)8-17-13)11-6-5-9(2)10(3)7-11/h5-7,13-14H,4,8H2,1-3H3. The minimum atomic E-state index is 0.0783. The summed E-state index contributed by atoms with van der Waals surface area (Å²) in [5, 5.41) is 3.33. The molecular weight excluding hydrogens is 232 g/mol. The maximum atomic E-state index is 11.9. The number of anilines is 1. The molecule has 0 spiro atoms. The highest BCUT2D eigenvalue weighted by atomic mass is 32.2. The van der Waals surface area contributed by atoms with Crippen LogP contribution < -0.4 is 10.2 Å². The van der Waals surface area contributed by atoms with E-state index in [0.717, 1.165) is 12.2 Å². The zero-order valence-corrected chi connectivity index (χ0v) is 11.3. The lowest BCUT2D eigenvalue weighted by Crippen LogP contribution is -2.42. The zero-order chi connectivity index (χ0) is 12.4. The predicted octanol–water partition coefficient (Wildman–Crippen LogP) is 2.28. The number of hydrogen-bond donors (Lipinski definition) is 1. The molecule has 1 aromatic rings. The van der Waals surface area contributed by atoms with Gasteiger partial charge in [0.2, 0.25) is 5.91 Å². The van der Waals surface area contributed by atoms with Crippen LogP contribution in [0.1, 0.15) is 18.1 Å². The Hall–Kier alpha value is -1.00. The fourth-order valence-corrected chi connectivity index (χ4v) is 3.02. The Morgan fingerprint density at radius 3 is 2.82 bits per heavy atom. The number of benzene rings is 1. The maximum absolute atomic E-state index is 11.9. The van der Waals surface area contributed by atoms with Gasteiger partial charge in [-0.05, 0) is 43.7 Å². The van der Waals surface area contributed by atoms with Gasteiger partial charge in [0.15, 0.2) is 0 Å². The van der Waals surface area contributed by atoms with Crippen molar-refractivity contribution in [2.45, 2.75) is 26.3 Å². The fourth-order valence-electron chi connectivity index (χ4n) is 1.90. The van der Waals surface area contributed by atoms with Crippen LogP contribution in [0.5, 0.6) is 0 Å². The number of rotatable bonds is 3. The van der Waals surface area contributed by atoms with E-state index >= 15 is 0 Å². The summed E-state index contributed by atoms with van der Waals surface area (Å²) in [6.45, 7) is 7.09. The van der Waals surface area contributed by atoms with Crippen molar-refractivity contribution in [2.75, 3.05) is 17.2 Å². The van der Waals surface area contributed by atoms with Gasteiger partial charge in [-0.2, -0.15) is 0 Å². The van der Waals surface area contributed by atoms with E-state index in [0.29, 0.717) is 5.75 Å². The number of thioether (sulfide) groups is 1. The van der Waals surface area contributed by atoms with E-state index in [1.807, 2.05) is 11.0 Å². The van der Waals surface area contributed by atoms with E-state index in [9.17, 15) is 4.79 Å². The van der Waals surface area contributed by atoms with Crippen LogP contribution in [0.15, 0.2) is 18.2 Å². The number of hydrogen-bond acceptors (Lipinski definition) is 3. The van der Waals surface area contributed by atoms with Crippen LogP contribution in [0.3, 0.4) is 0 Å². The van der Waals surface area contributed by atoms with E-state index in [2.05, 4.69) is 38.2 Å². The summed E-state index contributed by atoms with van der Waals surface area (Å²) in [6.07, 6.45) is 0. The Labute approximate surface area is 107 Å². The molecule has 1 fully saturated rings. The minimum absolute atomic E-state index is 0.0783. The number of amides is 1. The smallest absolute Gasteiger partial charge is 0.239 e. The van der Waals surface area contributed by atoms with Gasteiger partial charge in [-0.1, -0.05) is 13.0 Å². The average Bonchev–Trinajstić information content (AvgIpc) is 2.65. The summed E-state index contributed by atoms with van der Waals surface area (Å²) in [5.41, 5.74) is 3.55. The van der Waals surface area contributed by atoms with Crippen molar-refractivity contribution in [3.05, 3.63) is 29.3 Å². The molecule has 0 aliphatic carbocycles. The second kappa shape index (κ2) is 5.10. The number of carbonyl (C=O) groups excluding carboxylic acids is 1. The summed E-state index contributed by atoms with van der Waals surface area (Å²) in [7, 11) is 0. The molecule has 1 aliphatic heterocycles. The number of nitrogens with zero attached hydrogens (tertiary/aromatic N) is 1. The SMILES string of the molecule is CCNC1SCC(=O)N1c1ccc(C)c(C)c1. The van der Waals surface area contributed by atoms with Crippen molar-refractivity contribution in [3.63, 3.8) is 0 Å². The molecule has 1 atom stereocenters. The van der Waals surface area contributed by atoms with Crippen molar-refractivity contribution >= 4 is 23.4 Å². The highest BCUT2D eigenvalue weighted by Gasteiger charge is 2.32. The lowest BCUT2D eigenvalue weighted by Gasteiger charge is -2.25. The van der Waals surface area contributed by atoms with Gasteiger partial charge in [0.05, 0.1) is 5.75 Å². The van der Waals surface area contributed by atoms with E-state index in [1.165, 1.54) is 11.1 Å². The van der Waals surface area contributed by atoms with Gasteiger partial charge in [0.25, 0.3) is 0 Å². The molecule has 0 saturated carbocycles. The van der Waals surface area contributed by atoms with Crippen LogP contribution in [0.25, 0.3) is 0 Å². The molecule has 1 saturated heterocycles. The molecule has 1 N–H and O–H groups in total. The maximum Gasteiger partial charge on any atom is 0.239 e. The first-order valence-electron chi connectivity index (χ1n) is 5.87. The molecule has 2 rings (SSSR count). The van der Waals surface area contributed by atoms with E-state index in [-0.39, 0.29) is 11.4 Å². The van der Waals surface area contributed by atoms with Crippen LogP contribution in [0, 0.1) is 13.8 Å². The van der Waals surface area contributed by atoms with E-state index in [1.54, 1.807) is 11.8 Å². The first kappa shape index (κ1) is 12.5. The van der Waals surface area contributed by atoms with Crippen LogP contribution in [0.4, 0.5) is 5.69 Å². The zero-order valence-electron chi connectivity index (χ0n) is 10.5. The summed E-state index contributed by atoms with van der Waals surface area (Å²) in [6, 6.07) is 6.18. The molecule has 3 nitrogen and oxygen atoms in total. The molecule has 0 radical (unpaired) electrons. The number of nitrogens with one attached hydrogen (secondary N) is 1. The van der Waals surface area contributed by atoms with Crippen molar-refractivity contribution in [3.8, 4) is 0 Å². The van der Waals surface area contributed by atoms with Gasteiger partial charge < -0.3 is 0 Å². The number of aryl methyl sites for hydroxylation is 2. The van der Waals surface area contributed by atoms with Crippen LogP contribution >= 0.6 is 11.8 Å². The van der Waals surface area contributed by atoms with E-state index < -0.39 is 0 Å². The summed E-state index contributed by atoms with van der Waals surface area (Å²) < 4.78 is 0. The van der Waals surface area contributed by atoms with Gasteiger partial charge in [-0.15, -0.1) is 11.8 Å². The van der Waals surface area contributed by atoms with Crippen molar-refractivity contribution < 1.29 is 4.79 Å². The highest BCUT2D eigenvalue weighted by Crippen LogP contribution is 2.30. The highest BCUT2D eigenvalue weighted by molar-refractivity contribution is 8.01. The van der Waals surface area contributed by atoms with Crippen LogP contribution in [0.2, 0.25) is 0 Å². The molecule has 0 bridgehead atoms. The Balaban J connectivity index is 2.29. The first-order valence-corrected chi connectivity index (χ1v) is 6.92. The lowest BCUT2D eigenvalue weighted by molar-refractivity contribution is -0.115. The minimum Gasteiger partial charge on any atom is -0.289 e. The Morgan fingerprint density at radius 2 is 2.18 bits per heavy atom. The average molecular weight is 250 g/mol. The van der Waals surface area contributed by atoms with Crippen molar-refractivity contribution in [1.82, 2.24) is 5.32 Å². The summed E-state index contributed by atoms with van der Waals surface area (Å²) >= 11 is 1.65. The quantitative estimate of drug-likeness (QED) is 0.893. The molecule has 1 heterocycles. The second-order valence-corrected chi connectivity index (χ2v) is 5.32. The first-order chi connectivity index (χ1) is 8.13. The fraction of sp³-hybridized carbons (Fsp3) is 0.462. The summed E-state index contributed by atoms with van der Waals surface area (Å²) in [4.78, 5) is 13.8. The van der Waals surface area contributed by atoms with Crippen molar-refractivity contribution in [2.24, 2.45) is 0 Å². The van der Waals surface area contributed by atoms with Crippen LogP contribution in [-0.4, -0.2) is 23.7 Å². The van der Waals surface area contributed by atoms with E-state index in [4.69, 9.17) is 0 Å². The third-order valence-corrected chi connectivity index (χ3v) is 4.12. The molecule has 1 aliphatic rings.